The van der Waals surface area contributed by atoms with Gasteiger partial charge >= 0.3 is 0 Å². The fourth-order valence-electron chi connectivity index (χ4n) is 3.97. The second kappa shape index (κ2) is 8.77. The van der Waals surface area contributed by atoms with Gasteiger partial charge in [-0.25, -0.2) is 13.8 Å². The van der Waals surface area contributed by atoms with E-state index in [1.54, 1.807) is 18.2 Å². The molecule has 160 valence electrons. The van der Waals surface area contributed by atoms with Crippen LogP contribution in [0.1, 0.15) is 11.4 Å². The third kappa shape index (κ3) is 4.18. The van der Waals surface area contributed by atoms with Crippen molar-refractivity contribution in [3.05, 3.63) is 102 Å². The predicted molar refractivity (Wildman–Crippen MR) is 123 cm³/mol. The van der Waals surface area contributed by atoms with Gasteiger partial charge < -0.3 is 15.3 Å². The molecule has 4 nitrogen and oxygen atoms in total. The van der Waals surface area contributed by atoms with Crippen LogP contribution in [0.15, 0.2) is 79.0 Å². The van der Waals surface area contributed by atoms with Crippen molar-refractivity contribution in [2.75, 3.05) is 6.54 Å². The number of aromatic nitrogens is 3. The zero-order chi connectivity index (χ0) is 21.9. The van der Waals surface area contributed by atoms with E-state index >= 15 is 0 Å². The van der Waals surface area contributed by atoms with Gasteiger partial charge in [-0.15, -0.1) is 0 Å². The number of rotatable bonds is 7. The van der Waals surface area contributed by atoms with Gasteiger partial charge in [0.05, 0.1) is 17.9 Å². The predicted octanol–water partition coefficient (Wildman–Crippen LogP) is 5.84. The molecule has 0 aliphatic carbocycles. The summed E-state index contributed by atoms with van der Waals surface area (Å²) in [5, 5.41) is 4.65. The molecule has 6 heteroatoms. The first-order valence-electron chi connectivity index (χ1n) is 10.5. The molecular formula is C26H22F2N4. The minimum atomic E-state index is -0.339. The molecule has 5 aromatic rings. The first-order valence-corrected chi connectivity index (χ1v) is 10.5. The van der Waals surface area contributed by atoms with E-state index in [-0.39, 0.29) is 11.6 Å². The maximum atomic E-state index is 13.8. The van der Waals surface area contributed by atoms with Gasteiger partial charge in [0.25, 0.3) is 0 Å². The van der Waals surface area contributed by atoms with Gasteiger partial charge in [-0.3, -0.25) is 0 Å². The number of para-hydroxylation sites is 1. The summed E-state index contributed by atoms with van der Waals surface area (Å²) in [6.07, 6.45) is 2.92. The lowest BCUT2D eigenvalue weighted by Crippen LogP contribution is -2.17. The van der Waals surface area contributed by atoms with Crippen LogP contribution in [-0.2, 0) is 13.0 Å². The molecule has 0 aliphatic heterocycles. The lowest BCUT2D eigenvalue weighted by molar-refractivity contribution is 0.627. The Labute approximate surface area is 184 Å². The number of aromatic amines is 2. The smallest absolute Gasteiger partial charge is 0.123 e. The highest BCUT2D eigenvalue weighted by molar-refractivity contribution is 5.83. The molecule has 32 heavy (non-hydrogen) atoms. The van der Waals surface area contributed by atoms with E-state index < -0.39 is 0 Å². The fourth-order valence-corrected chi connectivity index (χ4v) is 3.97. The molecule has 3 aromatic carbocycles. The van der Waals surface area contributed by atoms with Crippen LogP contribution in [0.2, 0.25) is 0 Å². The van der Waals surface area contributed by atoms with Crippen molar-refractivity contribution >= 4 is 10.9 Å². The second-order valence-electron chi connectivity index (χ2n) is 7.71. The lowest BCUT2D eigenvalue weighted by atomic mass is 10.0. The highest BCUT2D eigenvalue weighted by atomic mass is 19.1. The van der Waals surface area contributed by atoms with E-state index in [2.05, 4.69) is 27.4 Å². The number of nitrogens with one attached hydrogen (secondary N) is 3. The van der Waals surface area contributed by atoms with E-state index in [0.29, 0.717) is 34.9 Å². The first kappa shape index (κ1) is 20.2. The maximum Gasteiger partial charge on any atom is 0.123 e. The SMILES string of the molecule is Fc1cccc(-c2nc(CNCCc3c[nH]c4ccccc34)[nH]c2-c2cccc(F)c2)c1. The molecule has 0 saturated carbocycles. The van der Waals surface area contributed by atoms with Crippen LogP contribution in [0.4, 0.5) is 8.78 Å². The summed E-state index contributed by atoms with van der Waals surface area (Å²) in [4.78, 5) is 11.3. The molecule has 0 saturated heterocycles. The van der Waals surface area contributed by atoms with E-state index in [4.69, 9.17) is 4.98 Å². The van der Waals surface area contributed by atoms with Gasteiger partial charge in [-0.2, -0.15) is 0 Å². The summed E-state index contributed by atoms with van der Waals surface area (Å²) in [5.74, 6) is 0.0391. The second-order valence-corrected chi connectivity index (χ2v) is 7.71. The summed E-state index contributed by atoms with van der Waals surface area (Å²) in [6.45, 7) is 1.28. The minimum absolute atomic E-state index is 0.333. The zero-order valence-corrected chi connectivity index (χ0v) is 17.3. The molecule has 2 heterocycles. The van der Waals surface area contributed by atoms with E-state index in [9.17, 15) is 8.78 Å². The Bertz CT molecular complexity index is 1310. The normalized spacial score (nSPS) is 11.3. The fraction of sp³-hybridized carbons (Fsp3) is 0.115. The highest BCUT2D eigenvalue weighted by Crippen LogP contribution is 2.31. The molecule has 0 atom stereocenters. The lowest BCUT2D eigenvalue weighted by Gasteiger charge is -2.03. The van der Waals surface area contributed by atoms with Gasteiger partial charge in [-0.1, -0.05) is 42.5 Å². The summed E-state index contributed by atoms with van der Waals surface area (Å²) in [5.41, 5.74) is 4.97. The summed E-state index contributed by atoms with van der Waals surface area (Å²) in [7, 11) is 0. The van der Waals surface area contributed by atoms with Crippen molar-refractivity contribution in [1.82, 2.24) is 20.3 Å². The van der Waals surface area contributed by atoms with Crippen LogP contribution in [0.3, 0.4) is 0 Å². The van der Waals surface area contributed by atoms with Gasteiger partial charge in [-0.05, 0) is 48.9 Å². The third-order valence-electron chi connectivity index (χ3n) is 5.50. The summed E-state index contributed by atoms with van der Waals surface area (Å²) < 4.78 is 27.7. The Kier molecular flexibility index (Phi) is 5.52. The van der Waals surface area contributed by atoms with Crippen LogP contribution >= 0.6 is 0 Å². The number of benzene rings is 3. The number of nitrogens with zero attached hydrogens (tertiary/aromatic N) is 1. The van der Waals surface area contributed by atoms with Gasteiger partial charge in [0.1, 0.15) is 17.5 Å². The Morgan fingerprint density at radius 2 is 1.59 bits per heavy atom. The molecule has 5 rings (SSSR count). The number of H-pyrrole nitrogens is 2. The molecule has 0 radical (unpaired) electrons. The van der Waals surface area contributed by atoms with Crippen molar-refractivity contribution in [3.63, 3.8) is 0 Å². The molecule has 2 aromatic heterocycles. The molecule has 3 N–H and O–H groups in total. The molecule has 0 amide bonds. The number of fused-ring (bicyclic) bond motifs is 1. The summed E-state index contributed by atoms with van der Waals surface area (Å²) >= 11 is 0. The first-order chi connectivity index (χ1) is 15.7. The summed E-state index contributed by atoms with van der Waals surface area (Å²) in [6, 6.07) is 20.8. The van der Waals surface area contributed by atoms with Crippen LogP contribution in [0.25, 0.3) is 33.4 Å². The highest BCUT2D eigenvalue weighted by Gasteiger charge is 2.15. The molecule has 0 bridgehead atoms. The van der Waals surface area contributed by atoms with Gasteiger partial charge in [0.2, 0.25) is 0 Å². The maximum absolute atomic E-state index is 13.8. The Morgan fingerprint density at radius 3 is 2.41 bits per heavy atom. The van der Waals surface area contributed by atoms with Crippen LogP contribution in [0.5, 0.6) is 0 Å². The zero-order valence-electron chi connectivity index (χ0n) is 17.3. The average Bonchev–Trinajstić information content (AvgIpc) is 3.41. The Hall–Kier alpha value is -3.77. The third-order valence-corrected chi connectivity index (χ3v) is 5.50. The van der Waals surface area contributed by atoms with Crippen molar-refractivity contribution in [2.24, 2.45) is 0 Å². The number of halogens is 2. The quantitative estimate of drug-likeness (QED) is 0.286. The number of hydrogen-bond acceptors (Lipinski definition) is 2. The van der Waals surface area contributed by atoms with E-state index in [1.807, 2.05) is 24.4 Å². The topological polar surface area (TPSA) is 56.5 Å². The van der Waals surface area contributed by atoms with Crippen molar-refractivity contribution in [2.45, 2.75) is 13.0 Å². The number of hydrogen-bond donors (Lipinski definition) is 3. The standard InChI is InChI=1S/C26H22F2N4/c27-20-7-3-5-17(13-20)25-26(18-6-4-8-21(28)14-18)32-24(31-25)16-29-12-11-19-15-30-23-10-2-1-9-22(19)23/h1-10,13-15,29-30H,11-12,16H2,(H,31,32). The average molecular weight is 428 g/mol. The van der Waals surface area contributed by atoms with Crippen molar-refractivity contribution in [3.8, 4) is 22.5 Å². The minimum Gasteiger partial charge on any atom is -0.361 e. The van der Waals surface area contributed by atoms with Gasteiger partial charge in [0, 0.05) is 28.2 Å². The molecule has 0 fully saturated rings. The number of imidazole rings is 1. The Morgan fingerprint density at radius 1 is 0.844 bits per heavy atom. The van der Waals surface area contributed by atoms with Crippen LogP contribution in [-0.4, -0.2) is 21.5 Å². The van der Waals surface area contributed by atoms with Crippen LogP contribution < -0.4 is 5.32 Å². The monoisotopic (exact) mass is 428 g/mol. The van der Waals surface area contributed by atoms with E-state index in [1.165, 1.54) is 35.2 Å². The van der Waals surface area contributed by atoms with Crippen LogP contribution in [0, 0.1) is 11.6 Å². The van der Waals surface area contributed by atoms with E-state index in [0.717, 1.165) is 18.5 Å². The molecule has 0 spiro atoms. The molecule has 0 aliphatic rings. The molecule has 0 unspecified atom stereocenters. The van der Waals surface area contributed by atoms with Gasteiger partial charge in [0.15, 0.2) is 0 Å². The van der Waals surface area contributed by atoms with Crippen molar-refractivity contribution in [1.29, 1.82) is 0 Å². The largest absolute Gasteiger partial charge is 0.361 e. The Balaban J connectivity index is 1.35. The molecular weight excluding hydrogens is 406 g/mol. The van der Waals surface area contributed by atoms with Crippen molar-refractivity contribution < 1.29 is 8.78 Å².